The molecule has 2 aromatic rings. The fourth-order valence-corrected chi connectivity index (χ4v) is 2.75. The minimum atomic E-state index is -0.132. The van der Waals surface area contributed by atoms with Crippen molar-refractivity contribution in [1.82, 2.24) is 0 Å². The second-order valence-corrected chi connectivity index (χ2v) is 5.91. The summed E-state index contributed by atoms with van der Waals surface area (Å²) in [6.45, 7) is 2.99. The zero-order valence-electron chi connectivity index (χ0n) is 13.9. The summed E-state index contributed by atoms with van der Waals surface area (Å²) in [7, 11) is 0. The van der Waals surface area contributed by atoms with Gasteiger partial charge in [0.2, 0.25) is 12.6 Å². The summed E-state index contributed by atoms with van der Waals surface area (Å²) in [6.07, 6.45) is 3.77. The molecule has 0 amide bonds. The van der Waals surface area contributed by atoms with Gasteiger partial charge in [-0.15, -0.1) is 0 Å². The van der Waals surface area contributed by atoms with E-state index >= 15 is 0 Å². The molecule has 4 rings (SSSR count). The SMILES string of the molecule is CCCCOc1ccc2c(c1)OC(=Cc1ccc3c(c1)OCO3)C2=O. The van der Waals surface area contributed by atoms with Crippen LogP contribution in [0.4, 0.5) is 0 Å². The van der Waals surface area contributed by atoms with E-state index in [4.69, 9.17) is 18.9 Å². The Labute approximate surface area is 145 Å². The maximum absolute atomic E-state index is 12.5. The monoisotopic (exact) mass is 338 g/mol. The molecule has 0 saturated carbocycles. The van der Waals surface area contributed by atoms with E-state index in [1.807, 2.05) is 18.2 Å². The van der Waals surface area contributed by atoms with Crippen LogP contribution in [0.3, 0.4) is 0 Å². The Kier molecular flexibility index (Phi) is 4.06. The highest BCUT2D eigenvalue weighted by molar-refractivity contribution is 6.14. The molecule has 5 nitrogen and oxygen atoms in total. The van der Waals surface area contributed by atoms with Crippen molar-refractivity contribution in [2.75, 3.05) is 13.4 Å². The number of benzene rings is 2. The van der Waals surface area contributed by atoms with Gasteiger partial charge in [0, 0.05) is 6.07 Å². The van der Waals surface area contributed by atoms with Crippen LogP contribution >= 0.6 is 0 Å². The average Bonchev–Trinajstić information content (AvgIpc) is 3.20. The molecule has 0 radical (unpaired) electrons. The number of Topliss-reactive ketones (excluding diaryl/α,β-unsaturated/α-hetero) is 1. The fraction of sp³-hybridized carbons (Fsp3) is 0.250. The summed E-state index contributed by atoms with van der Waals surface area (Å²) in [5.41, 5.74) is 1.37. The van der Waals surface area contributed by atoms with Crippen LogP contribution in [0.15, 0.2) is 42.2 Å². The number of rotatable bonds is 5. The van der Waals surface area contributed by atoms with Gasteiger partial charge in [-0.25, -0.2) is 0 Å². The number of carbonyl (C=O) groups excluding carboxylic acids is 1. The van der Waals surface area contributed by atoms with E-state index in [1.165, 1.54) is 0 Å². The number of ether oxygens (including phenoxy) is 4. The van der Waals surface area contributed by atoms with Crippen molar-refractivity contribution in [3.05, 3.63) is 53.3 Å². The molecule has 0 aliphatic carbocycles. The Morgan fingerprint density at radius 3 is 2.84 bits per heavy atom. The molecule has 0 bridgehead atoms. The van der Waals surface area contributed by atoms with E-state index in [0.717, 1.165) is 18.4 Å². The zero-order chi connectivity index (χ0) is 17.2. The summed E-state index contributed by atoms with van der Waals surface area (Å²) in [5, 5.41) is 0. The summed E-state index contributed by atoms with van der Waals surface area (Å²) >= 11 is 0. The second-order valence-electron chi connectivity index (χ2n) is 5.91. The molecule has 2 aliphatic rings. The summed E-state index contributed by atoms with van der Waals surface area (Å²) in [5.74, 6) is 2.78. The Morgan fingerprint density at radius 2 is 1.96 bits per heavy atom. The standard InChI is InChI=1S/C20H18O5/c1-2-3-8-22-14-5-6-15-17(11-14)25-19(20(15)21)10-13-4-7-16-18(9-13)24-12-23-16/h4-7,9-11H,2-3,8,12H2,1H3. The molecule has 0 aromatic heterocycles. The Bertz CT molecular complexity index is 853. The highest BCUT2D eigenvalue weighted by Gasteiger charge is 2.28. The fourth-order valence-electron chi connectivity index (χ4n) is 2.75. The van der Waals surface area contributed by atoms with Crippen molar-refractivity contribution in [2.24, 2.45) is 0 Å². The molecule has 0 N–H and O–H groups in total. The molecule has 2 aromatic carbocycles. The largest absolute Gasteiger partial charge is 0.493 e. The van der Waals surface area contributed by atoms with Gasteiger partial charge in [-0.05, 0) is 42.3 Å². The lowest BCUT2D eigenvalue weighted by molar-refractivity contribution is 0.101. The quantitative estimate of drug-likeness (QED) is 0.604. The van der Waals surface area contributed by atoms with Gasteiger partial charge >= 0.3 is 0 Å². The minimum Gasteiger partial charge on any atom is -0.493 e. The molecule has 2 heterocycles. The van der Waals surface area contributed by atoms with E-state index in [9.17, 15) is 4.79 Å². The number of allylic oxidation sites excluding steroid dienone is 1. The minimum absolute atomic E-state index is 0.132. The number of fused-ring (bicyclic) bond motifs is 2. The van der Waals surface area contributed by atoms with Crippen molar-refractivity contribution < 1.29 is 23.7 Å². The Balaban J connectivity index is 1.55. The van der Waals surface area contributed by atoms with E-state index < -0.39 is 0 Å². The van der Waals surface area contributed by atoms with Crippen LogP contribution in [0.2, 0.25) is 0 Å². The molecule has 0 spiro atoms. The molecular weight excluding hydrogens is 320 g/mol. The van der Waals surface area contributed by atoms with Gasteiger partial charge in [0.25, 0.3) is 0 Å². The van der Waals surface area contributed by atoms with E-state index in [2.05, 4.69) is 6.92 Å². The normalized spacial score (nSPS) is 16.0. The lowest BCUT2D eigenvalue weighted by atomic mass is 10.1. The molecule has 0 fully saturated rings. The van der Waals surface area contributed by atoms with Crippen molar-refractivity contribution in [1.29, 1.82) is 0 Å². The lowest BCUT2D eigenvalue weighted by Gasteiger charge is -2.06. The molecule has 5 heteroatoms. The number of ketones is 1. The Hall–Kier alpha value is -2.95. The average molecular weight is 338 g/mol. The van der Waals surface area contributed by atoms with Crippen LogP contribution in [0.25, 0.3) is 6.08 Å². The molecule has 128 valence electrons. The van der Waals surface area contributed by atoms with Gasteiger partial charge in [0.05, 0.1) is 12.2 Å². The molecule has 2 aliphatic heterocycles. The smallest absolute Gasteiger partial charge is 0.231 e. The second kappa shape index (κ2) is 6.51. The molecular formula is C20H18O5. The van der Waals surface area contributed by atoms with Gasteiger partial charge in [-0.1, -0.05) is 19.4 Å². The predicted octanol–water partition coefficient (Wildman–Crippen LogP) is 4.21. The van der Waals surface area contributed by atoms with Gasteiger partial charge in [0.15, 0.2) is 17.3 Å². The van der Waals surface area contributed by atoms with Crippen LogP contribution in [0, 0.1) is 0 Å². The lowest BCUT2D eigenvalue weighted by Crippen LogP contribution is -1.98. The van der Waals surface area contributed by atoms with Crippen molar-refractivity contribution in [2.45, 2.75) is 19.8 Å². The third-order valence-electron chi connectivity index (χ3n) is 4.10. The van der Waals surface area contributed by atoms with Crippen molar-refractivity contribution >= 4 is 11.9 Å². The molecule has 0 atom stereocenters. The first-order chi connectivity index (χ1) is 12.2. The summed E-state index contributed by atoms with van der Waals surface area (Å²) in [6, 6.07) is 10.8. The predicted molar refractivity (Wildman–Crippen MR) is 92.3 cm³/mol. The van der Waals surface area contributed by atoms with Crippen molar-refractivity contribution in [3.8, 4) is 23.0 Å². The van der Waals surface area contributed by atoms with Gasteiger partial charge < -0.3 is 18.9 Å². The van der Waals surface area contributed by atoms with E-state index in [-0.39, 0.29) is 12.6 Å². The topological polar surface area (TPSA) is 54.0 Å². The zero-order valence-corrected chi connectivity index (χ0v) is 13.9. The molecule has 25 heavy (non-hydrogen) atoms. The van der Waals surface area contributed by atoms with Gasteiger partial charge in [-0.3, -0.25) is 4.79 Å². The number of unbranched alkanes of at least 4 members (excludes halogenated alkanes) is 1. The van der Waals surface area contributed by atoms with Crippen LogP contribution in [0.5, 0.6) is 23.0 Å². The third-order valence-corrected chi connectivity index (χ3v) is 4.10. The summed E-state index contributed by atoms with van der Waals surface area (Å²) in [4.78, 5) is 12.5. The number of hydrogen-bond acceptors (Lipinski definition) is 5. The summed E-state index contributed by atoms with van der Waals surface area (Å²) < 4.78 is 22.1. The van der Waals surface area contributed by atoms with Gasteiger partial charge in [-0.2, -0.15) is 0 Å². The van der Waals surface area contributed by atoms with E-state index in [0.29, 0.717) is 40.9 Å². The first kappa shape index (κ1) is 15.6. The first-order valence-corrected chi connectivity index (χ1v) is 8.35. The Morgan fingerprint density at radius 1 is 1.08 bits per heavy atom. The van der Waals surface area contributed by atoms with E-state index in [1.54, 1.807) is 24.3 Å². The third kappa shape index (κ3) is 3.05. The molecule has 0 saturated heterocycles. The maximum Gasteiger partial charge on any atom is 0.231 e. The van der Waals surface area contributed by atoms with Crippen LogP contribution in [-0.2, 0) is 0 Å². The molecule has 0 unspecified atom stereocenters. The van der Waals surface area contributed by atoms with Crippen molar-refractivity contribution in [3.63, 3.8) is 0 Å². The highest BCUT2D eigenvalue weighted by atomic mass is 16.7. The maximum atomic E-state index is 12.5. The highest BCUT2D eigenvalue weighted by Crippen LogP contribution is 2.37. The number of hydrogen-bond donors (Lipinski definition) is 0. The number of carbonyl (C=O) groups is 1. The van der Waals surface area contributed by atoms with Crippen LogP contribution in [0.1, 0.15) is 35.7 Å². The van der Waals surface area contributed by atoms with Crippen LogP contribution < -0.4 is 18.9 Å². The first-order valence-electron chi connectivity index (χ1n) is 8.35. The van der Waals surface area contributed by atoms with Crippen LogP contribution in [-0.4, -0.2) is 19.2 Å². The van der Waals surface area contributed by atoms with Gasteiger partial charge in [0.1, 0.15) is 11.5 Å².